The third kappa shape index (κ3) is 2.78. The molecule has 2 heterocycles. The predicted molar refractivity (Wildman–Crippen MR) is 85.2 cm³/mol. The van der Waals surface area contributed by atoms with Crippen molar-refractivity contribution in [1.82, 2.24) is 9.88 Å². The molecule has 1 saturated heterocycles. The van der Waals surface area contributed by atoms with E-state index in [-0.39, 0.29) is 5.54 Å². The molecule has 0 saturated carbocycles. The second-order valence-electron chi connectivity index (χ2n) is 6.74. The molecule has 0 bridgehead atoms. The maximum Gasteiger partial charge on any atom is 0.113 e. The Balaban J connectivity index is 1.79. The van der Waals surface area contributed by atoms with Crippen molar-refractivity contribution in [2.75, 3.05) is 13.1 Å². The summed E-state index contributed by atoms with van der Waals surface area (Å²) in [5.74, 6) is 0. The van der Waals surface area contributed by atoms with Crippen LogP contribution in [-0.2, 0) is 18.4 Å². The summed E-state index contributed by atoms with van der Waals surface area (Å²) in [6.45, 7) is 6.86. The first kappa shape index (κ1) is 14.5. The molecule has 112 valence electrons. The molecule has 1 aliphatic carbocycles. The Bertz CT molecular complexity index is 445. The van der Waals surface area contributed by atoms with Gasteiger partial charge in [0.25, 0.3) is 0 Å². The highest BCUT2D eigenvalue weighted by Gasteiger charge is 2.34. The Morgan fingerprint density at radius 2 is 1.95 bits per heavy atom. The van der Waals surface area contributed by atoms with Gasteiger partial charge in [-0.05, 0) is 65.3 Å². The molecule has 1 aromatic heterocycles. The smallest absolute Gasteiger partial charge is 0.113 e. The Kier molecular flexibility index (Phi) is 4.16. The monoisotopic (exact) mass is 293 g/mol. The van der Waals surface area contributed by atoms with Crippen LogP contribution in [0.25, 0.3) is 0 Å². The van der Waals surface area contributed by atoms with E-state index in [0.29, 0.717) is 6.04 Å². The van der Waals surface area contributed by atoms with Crippen molar-refractivity contribution in [3.05, 3.63) is 15.6 Å². The fourth-order valence-corrected chi connectivity index (χ4v) is 4.78. The van der Waals surface area contributed by atoms with E-state index < -0.39 is 0 Å². The lowest BCUT2D eigenvalue weighted by molar-refractivity contribution is 0.225. The summed E-state index contributed by atoms with van der Waals surface area (Å²) in [6, 6.07) is 0.627. The van der Waals surface area contributed by atoms with Gasteiger partial charge >= 0.3 is 0 Å². The molecule has 1 unspecified atom stereocenters. The third-order valence-corrected chi connectivity index (χ3v) is 6.29. The summed E-state index contributed by atoms with van der Waals surface area (Å²) < 4.78 is 0. The first-order valence-corrected chi connectivity index (χ1v) is 8.92. The Morgan fingerprint density at radius 3 is 2.70 bits per heavy atom. The maximum atomic E-state index is 6.78. The normalized spacial score (nSPS) is 28.4. The average Bonchev–Trinajstić information content (AvgIpc) is 2.76. The second kappa shape index (κ2) is 5.74. The van der Waals surface area contributed by atoms with Gasteiger partial charge < -0.3 is 10.6 Å². The van der Waals surface area contributed by atoms with E-state index in [1.165, 1.54) is 54.2 Å². The van der Waals surface area contributed by atoms with Crippen molar-refractivity contribution in [2.24, 2.45) is 5.73 Å². The molecule has 3 rings (SSSR count). The summed E-state index contributed by atoms with van der Waals surface area (Å²) in [6.07, 6.45) is 8.35. The SMILES string of the molecule is CC(C)N1CCCC(N)(c2nc3c(s2)CCCC3)CC1. The molecule has 1 aliphatic heterocycles. The zero-order valence-corrected chi connectivity index (χ0v) is 13.6. The number of rotatable bonds is 2. The lowest BCUT2D eigenvalue weighted by Gasteiger charge is -2.27. The second-order valence-corrected chi connectivity index (χ2v) is 7.82. The largest absolute Gasteiger partial charge is 0.319 e. The number of aryl methyl sites for hydroxylation is 2. The van der Waals surface area contributed by atoms with E-state index in [1.54, 1.807) is 0 Å². The predicted octanol–water partition coefficient (Wildman–Crippen LogP) is 3.07. The van der Waals surface area contributed by atoms with Crippen molar-refractivity contribution < 1.29 is 0 Å². The zero-order valence-electron chi connectivity index (χ0n) is 12.8. The van der Waals surface area contributed by atoms with Gasteiger partial charge in [-0.15, -0.1) is 11.3 Å². The molecular formula is C16H27N3S. The lowest BCUT2D eigenvalue weighted by Crippen LogP contribution is -2.38. The molecule has 1 atom stereocenters. The van der Waals surface area contributed by atoms with Gasteiger partial charge in [0.05, 0.1) is 11.2 Å². The highest BCUT2D eigenvalue weighted by molar-refractivity contribution is 7.11. The highest BCUT2D eigenvalue weighted by Crippen LogP contribution is 2.37. The number of aromatic nitrogens is 1. The Morgan fingerprint density at radius 1 is 1.15 bits per heavy atom. The molecule has 0 aromatic carbocycles. The van der Waals surface area contributed by atoms with Crippen LogP contribution >= 0.6 is 11.3 Å². The van der Waals surface area contributed by atoms with Crippen molar-refractivity contribution >= 4 is 11.3 Å². The quantitative estimate of drug-likeness (QED) is 0.911. The molecule has 0 radical (unpaired) electrons. The molecular weight excluding hydrogens is 266 g/mol. The van der Waals surface area contributed by atoms with Crippen LogP contribution in [-0.4, -0.2) is 29.0 Å². The summed E-state index contributed by atoms with van der Waals surface area (Å²) in [4.78, 5) is 9.01. The average molecular weight is 293 g/mol. The first-order valence-electron chi connectivity index (χ1n) is 8.10. The van der Waals surface area contributed by atoms with Crippen LogP contribution in [0, 0.1) is 0 Å². The minimum Gasteiger partial charge on any atom is -0.319 e. The third-order valence-electron chi connectivity index (χ3n) is 4.92. The van der Waals surface area contributed by atoms with Crippen LogP contribution in [0.1, 0.15) is 61.5 Å². The molecule has 0 spiro atoms. The van der Waals surface area contributed by atoms with Gasteiger partial charge in [-0.25, -0.2) is 4.98 Å². The number of fused-ring (bicyclic) bond motifs is 1. The number of nitrogens with two attached hydrogens (primary N) is 1. The topological polar surface area (TPSA) is 42.1 Å². The van der Waals surface area contributed by atoms with Crippen LogP contribution < -0.4 is 5.73 Å². The molecule has 3 nitrogen and oxygen atoms in total. The van der Waals surface area contributed by atoms with Gasteiger partial charge in [0.2, 0.25) is 0 Å². The van der Waals surface area contributed by atoms with Crippen molar-refractivity contribution in [3.63, 3.8) is 0 Å². The number of nitrogens with zero attached hydrogens (tertiary/aromatic N) is 2. The maximum absolute atomic E-state index is 6.78. The fourth-order valence-electron chi connectivity index (χ4n) is 3.47. The van der Waals surface area contributed by atoms with Crippen LogP contribution in [0.5, 0.6) is 0 Å². The molecule has 4 heteroatoms. The minimum absolute atomic E-state index is 0.175. The van der Waals surface area contributed by atoms with E-state index in [0.717, 1.165) is 19.4 Å². The standard InChI is InChI=1S/C16H27N3S/c1-12(2)19-10-5-8-16(17,9-11-19)15-18-13-6-3-4-7-14(13)20-15/h12H,3-11,17H2,1-2H3. The molecule has 20 heavy (non-hydrogen) atoms. The summed E-state index contributed by atoms with van der Waals surface area (Å²) >= 11 is 1.90. The van der Waals surface area contributed by atoms with E-state index in [4.69, 9.17) is 10.7 Å². The summed E-state index contributed by atoms with van der Waals surface area (Å²) in [7, 11) is 0. The van der Waals surface area contributed by atoms with Crippen LogP contribution in [0.3, 0.4) is 0 Å². The zero-order chi connectivity index (χ0) is 14.2. The number of hydrogen-bond donors (Lipinski definition) is 1. The van der Waals surface area contributed by atoms with Gasteiger partial charge in [-0.1, -0.05) is 0 Å². The first-order chi connectivity index (χ1) is 9.58. The number of thiazole rings is 1. The lowest BCUT2D eigenvalue weighted by atomic mass is 9.92. The summed E-state index contributed by atoms with van der Waals surface area (Å²) in [5.41, 5.74) is 7.95. The van der Waals surface area contributed by atoms with E-state index in [9.17, 15) is 0 Å². The molecule has 1 fully saturated rings. The molecule has 2 N–H and O–H groups in total. The van der Waals surface area contributed by atoms with Gasteiger partial charge in [0, 0.05) is 17.5 Å². The van der Waals surface area contributed by atoms with Gasteiger partial charge in [0.15, 0.2) is 0 Å². The van der Waals surface area contributed by atoms with E-state index in [1.807, 2.05) is 11.3 Å². The van der Waals surface area contributed by atoms with E-state index >= 15 is 0 Å². The molecule has 0 amide bonds. The Labute approximate surface area is 126 Å². The fraction of sp³-hybridized carbons (Fsp3) is 0.812. The Hall–Kier alpha value is -0.450. The van der Waals surface area contributed by atoms with Gasteiger partial charge in [-0.3, -0.25) is 0 Å². The molecule has 2 aliphatic rings. The van der Waals surface area contributed by atoms with Crippen molar-refractivity contribution in [1.29, 1.82) is 0 Å². The van der Waals surface area contributed by atoms with Gasteiger partial charge in [-0.2, -0.15) is 0 Å². The van der Waals surface area contributed by atoms with Crippen LogP contribution in [0.4, 0.5) is 0 Å². The molecule has 1 aromatic rings. The summed E-state index contributed by atoms with van der Waals surface area (Å²) in [5, 5.41) is 1.22. The number of likely N-dealkylation sites (tertiary alicyclic amines) is 1. The van der Waals surface area contributed by atoms with Crippen LogP contribution in [0.15, 0.2) is 0 Å². The van der Waals surface area contributed by atoms with E-state index in [2.05, 4.69) is 18.7 Å². The van der Waals surface area contributed by atoms with Crippen molar-refractivity contribution in [3.8, 4) is 0 Å². The highest BCUT2D eigenvalue weighted by atomic mass is 32.1. The minimum atomic E-state index is -0.175. The van der Waals surface area contributed by atoms with Crippen LogP contribution in [0.2, 0.25) is 0 Å². The number of hydrogen-bond acceptors (Lipinski definition) is 4. The van der Waals surface area contributed by atoms with Crippen molar-refractivity contribution in [2.45, 2.75) is 70.4 Å². The van der Waals surface area contributed by atoms with Gasteiger partial charge in [0.1, 0.15) is 5.01 Å².